The zero-order valence-corrected chi connectivity index (χ0v) is 30.8. The van der Waals surface area contributed by atoms with Crippen LogP contribution in [0.4, 0.5) is 0 Å². The maximum atomic E-state index is 14.6. The van der Waals surface area contributed by atoms with Crippen molar-refractivity contribution >= 4 is 57.1 Å². The Morgan fingerprint density at radius 2 is 1.02 bits per heavy atom. The van der Waals surface area contributed by atoms with E-state index in [1.54, 1.807) is 12.1 Å². The van der Waals surface area contributed by atoms with Crippen LogP contribution < -0.4 is 0 Å². The number of thiophene rings is 2. The van der Waals surface area contributed by atoms with Crippen molar-refractivity contribution in [3.63, 3.8) is 0 Å². The molecule has 6 nitrogen and oxygen atoms in total. The van der Waals surface area contributed by atoms with Crippen molar-refractivity contribution in [1.29, 1.82) is 0 Å². The number of unbranched alkanes of at least 4 members (excludes halogenated alkanes) is 2. The van der Waals surface area contributed by atoms with E-state index in [-0.39, 0.29) is 47.2 Å². The van der Waals surface area contributed by atoms with E-state index in [9.17, 15) is 19.2 Å². The molecule has 2 unspecified atom stereocenters. The number of amides is 4. The minimum atomic E-state index is -0.434. The molecule has 2 aromatic carbocycles. The molecule has 4 heterocycles. The molecule has 0 bridgehead atoms. The first kappa shape index (κ1) is 35.3. The van der Waals surface area contributed by atoms with Gasteiger partial charge in [-0.1, -0.05) is 102 Å². The van der Waals surface area contributed by atoms with Gasteiger partial charge in [0.1, 0.15) is 0 Å². The Morgan fingerprint density at radius 3 is 1.36 bits per heavy atom. The molecule has 4 aromatic rings. The van der Waals surface area contributed by atoms with Crippen molar-refractivity contribution in [1.82, 2.24) is 9.80 Å². The van der Waals surface area contributed by atoms with Crippen LogP contribution in [0.3, 0.4) is 0 Å². The molecule has 50 heavy (non-hydrogen) atoms. The van der Waals surface area contributed by atoms with Gasteiger partial charge in [-0.25, -0.2) is 0 Å². The monoisotopic (exact) mass is 702 g/mol. The predicted molar refractivity (Wildman–Crippen MR) is 202 cm³/mol. The third-order valence-electron chi connectivity index (χ3n) is 9.93. The van der Waals surface area contributed by atoms with Gasteiger partial charge in [-0.15, -0.1) is 22.7 Å². The molecular formula is C42H42N2O4S2. The van der Waals surface area contributed by atoms with Gasteiger partial charge in [0, 0.05) is 46.1 Å². The van der Waals surface area contributed by atoms with Gasteiger partial charge in [-0.05, 0) is 59.7 Å². The van der Waals surface area contributed by atoms with E-state index < -0.39 is 23.6 Å². The number of benzene rings is 2. The van der Waals surface area contributed by atoms with E-state index in [0.29, 0.717) is 21.9 Å². The summed E-state index contributed by atoms with van der Waals surface area (Å²) in [6.45, 7) is 9.01. The van der Waals surface area contributed by atoms with Crippen molar-refractivity contribution in [2.24, 2.45) is 11.8 Å². The van der Waals surface area contributed by atoms with Gasteiger partial charge in [-0.2, -0.15) is 0 Å². The van der Waals surface area contributed by atoms with Crippen LogP contribution in [-0.4, -0.2) is 46.5 Å². The third-order valence-corrected chi connectivity index (χ3v) is 11.5. The fourth-order valence-electron chi connectivity index (χ4n) is 7.00. The Bertz CT molecular complexity index is 1920. The lowest BCUT2D eigenvalue weighted by Gasteiger charge is -2.35. The van der Waals surface area contributed by atoms with Crippen LogP contribution in [0.1, 0.15) is 141 Å². The van der Waals surface area contributed by atoms with Crippen LogP contribution in [-0.2, 0) is 0 Å². The maximum absolute atomic E-state index is 14.6. The average molecular weight is 703 g/mol. The van der Waals surface area contributed by atoms with E-state index in [1.807, 2.05) is 35.0 Å². The molecule has 0 saturated heterocycles. The van der Waals surface area contributed by atoms with Crippen molar-refractivity contribution in [2.75, 3.05) is 13.1 Å². The predicted octanol–water partition coefficient (Wildman–Crippen LogP) is 9.39. The minimum absolute atomic E-state index is 0.145. The van der Waals surface area contributed by atoms with Crippen molar-refractivity contribution < 1.29 is 19.2 Å². The smallest absolute Gasteiger partial charge is 0.262 e. The van der Waals surface area contributed by atoms with Gasteiger partial charge >= 0.3 is 0 Å². The van der Waals surface area contributed by atoms with E-state index in [0.717, 1.165) is 61.1 Å². The molecule has 2 aromatic heterocycles. The molecule has 4 amide bonds. The summed E-state index contributed by atoms with van der Waals surface area (Å²) in [5.41, 5.74) is 1.88. The molecule has 0 spiro atoms. The Balaban J connectivity index is 1.62. The third kappa shape index (κ3) is 6.80. The minimum Gasteiger partial charge on any atom is -0.274 e. The van der Waals surface area contributed by atoms with E-state index in [1.165, 1.54) is 32.5 Å². The Hall–Kier alpha value is -4.50. The van der Waals surface area contributed by atoms with Crippen LogP contribution >= 0.6 is 22.7 Å². The maximum Gasteiger partial charge on any atom is 0.262 e. The molecule has 256 valence electrons. The molecular weight excluding hydrogens is 661 g/mol. The highest BCUT2D eigenvalue weighted by molar-refractivity contribution is 7.10. The van der Waals surface area contributed by atoms with Gasteiger partial charge in [0.25, 0.3) is 23.6 Å². The summed E-state index contributed by atoms with van der Waals surface area (Å²) in [6, 6.07) is 11.0. The average Bonchev–Trinajstić information content (AvgIpc) is 3.86. The molecule has 2 atom stereocenters. The van der Waals surface area contributed by atoms with Crippen LogP contribution in [0, 0.1) is 35.5 Å². The highest BCUT2D eigenvalue weighted by Crippen LogP contribution is 2.42. The van der Waals surface area contributed by atoms with Crippen molar-refractivity contribution in [3.05, 3.63) is 90.3 Å². The fourth-order valence-corrected chi connectivity index (χ4v) is 8.14. The normalized spacial score (nSPS) is 14.8. The zero-order chi connectivity index (χ0) is 35.4. The Morgan fingerprint density at radius 1 is 0.600 bits per heavy atom. The fraction of sp³-hybridized carbons (Fsp3) is 0.381. The van der Waals surface area contributed by atoms with E-state index >= 15 is 0 Å². The number of nitrogens with zero attached hydrogens (tertiary/aromatic N) is 2. The summed E-state index contributed by atoms with van der Waals surface area (Å²) in [7, 11) is 0. The van der Waals surface area contributed by atoms with Gasteiger partial charge in [0.2, 0.25) is 0 Å². The molecule has 0 fully saturated rings. The van der Waals surface area contributed by atoms with Crippen molar-refractivity contribution in [2.45, 2.75) is 79.1 Å². The molecule has 6 rings (SSSR count). The summed E-state index contributed by atoms with van der Waals surface area (Å²) in [5.74, 6) is 11.4. The number of rotatable bonds is 12. The second-order valence-electron chi connectivity index (χ2n) is 13.2. The number of hydrogen-bond donors (Lipinski definition) is 0. The lowest BCUT2D eigenvalue weighted by atomic mass is 9.81. The zero-order valence-electron chi connectivity index (χ0n) is 29.2. The first-order valence-electron chi connectivity index (χ1n) is 17.8. The summed E-state index contributed by atoms with van der Waals surface area (Å²) in [5, 5.41) is 4.54. The first-order chi connectivity index (χ1) is 24.3. The summed E-state index contributed by atoms with van der Waals surface area (Å²) in [4.78, 5) is 62.4. The molecule has 2 aliphatic rings. The second-order valence-corrected chi connectivity index (χ2v) is 15.1. The highest BCUT2D eigenvalue weighted by atomic mass is 32.1. The quantitative estimate of drug-likeness (QED) is 0.109. The lowest BCUT2D eigenvalue weighted by molar-refractivity contribution is 0.0558. The molecule has 2 aliphatic heterocycles. The van der Waals surface area contributed by atoms with Crippen LogP contribution in [0.2, 0.25) is 0 Å². The molecule has 0 saturated carbocycles. The Kier molecular flexibility index (Phi) is 11.0. The van der Waals surface area contributed by atoms with Crippen LogP contribution in [0.15, 0.2) is 47.2 Å². The molecule has 0 N–H and O–H groups in total. The topological polar surface area (TPSA) is 74.8 Å². The Labute approximate surface area is 302 Å². The highest BCUT2D eigenvalue weighted by Gasteiger charge is 2.43. The summed E-state index contributed by atoms with van der Waals surface area (Å²) in [6.07, 6.45) is 7.53. The standard InChI is InChI=1S/C42H42N2O4S2/c1-5-9-13-27(7-3)25-43-39(45)33-23-30(18-20-32-16-12-22-50-32)36-38-34(40(46)44(42(36)48)26-28(8-4)14-10-6-2)24-29(35(37(33)38)41(43)47)17-19-31-15-11-21-49-31/h11-12,15-16,21-24,27-28H,5-10,13-14,25-26H2,1-4H3. The van der Waals surface area contributed by atoms with Gasteiger partial charge in [0.15, 0.2) is 0 Å². The van der Waals surface area contributed by atoms with E-state index in [2.05, 4.69) is 51.4 Å². The van der Waals surface area contributed by atoms with Crippen molar-refractivity contribution in [3.8, 4) is 23.7 Å². The number of imide groups is 2. The van der Waals surface area contributed by atoms with Gasteiger partial charge < -0.3 is 0 Å². The first-order valence-corrected chi connectivity index (χ1v) is 19.6. The van der Waals surface area contributed by atoms with Crippen LogP contribution in [0.5, 0.6) is 0 Å². The van der Waals surface area contributed by atoms with Gasteiger partial charge in [-0.3, -0.25) is 29.0 Å². The molecule has 8 heteroatoms. The second kappa shape index (κ2) is 15.6. The van der Waals surface area contributed by atoms with Gasteiger partial charge in [0.05, 0.1) is 20.9 Å². The van der Waals surface area contributed by atoms with E-state index in [4.69, 9.17) is 0 Å². The molecule has 0 aliphatic carbocycles. The number of carbonyl (C=O) groups is 4. The summed E-state index contributed by atoms with van der Waals surface area (Å²) >= 11 is 2.97. The number of carbonyl (C=O) groups excluding carboxylic acids is 4. The molecule has 0 radical (unpaired) electrons. The van der Waals surface area contributed by atoms with Crippen LogP contribution in [0.25, 0.3) is 10.8 Å². The number of hydrogen-bond acceptors (Lipinski definition) is 6. The largest absolute Gasteiger partial charge is 0.274 e. The summed E-state index contributed by atoms with van der Waals surface area (Å²) < 4.78 is 0. The SMILES string of the molecule is CCCCC(CC)CN1C(=O)c2cc(C#Cc3cccs3)c3c4c(cc(C#Cc5cccs5)c(c24)C1=O)C(=O)N(CC(CC)CCCC)C3=O. The lowest BCUT2D eigenvalue weighted by Crippen LogP contribution is -2.46.